The summed E-state index contributed by atoms with van der Waals surface area (Å²) < 4.78 is 13.1. The number of fused-ring (bicyclic) bond motifs is 1. The Kier molecular flexibility index (Phi) is 2.61. The van der Waals surface area contributed by atoms with Gasteiger partial charge in [0.1, 0.15) is 5.82 Å². The van der Waals surface area contributed by atoms with E-state index in [4.69, 9.17) is 0 Å². The predicted molar refractivity (Wildman–Crippen MR) is 61.8 cm³/mol. The van der Waals surface area contributed by atoms with E-state index in [0.717, 1.165) is 12.1 Å². The lowest BCUT2D eigenvalue weighted by atomic mass is 10.1. The second-order valence-corrected chi connectivity index (χ2v) is 4.37. The van der Waals surface area contributed by atoms with E-state index in [0.29, 0.717) is 4.90 Å². The molecule has 20 heavy (non-hydrogen) atoms. The normalized spacial score (nSPS) is 22.1. The summed E-state index contributed by atoms with van der Waals surface area (Å²) in [6.45, 7) is -0.196. The Bertz CT molecular complexity index is 673. The molecule has 102 valence electrons. The third kappa shape index (κ3) is 1.69. The van der Waals surface area contributed by atoms with Crippen molar-refractivity contribution in [1.29, 1.82) is 0 Å². The van der Waals surface area contributed by atoms with Gasteiger partial charge in [-0.15, -0.1) is 0 Å². The van der Waals surface area contributed by atoms with Crippen LogP contribution >= 0.6 is 0 Å². The minimum atomic E-state index is -1.27. The molecule has 4 amide bonds. The fraction of sp³-hybridized carbons (Fsp3) is 0.167. The van der Waals surface area contributed by atoms with E-state index in [9.17, 15) is 23.6 Å². The predicted octanol–water partition coefficient (Wildman–Crippen LogP) is -1.01. The largest absolute Gasteiger partial charge is 0.292 e. The quantitative estimate of drug-likeness (QED) is 0.641. The van der Waals surface area contributed by atoms with Crippen molar-refractivity contribution in [1.82, 2.24) is 15.5 Å². The zero-order valence-corrected chi connectivity index (χ0v) is 9.97. The molecule has 2 N–H and O–H groups in total. The second kappa shape index (κ2) is 4.20. The number of piperazine rings is 1. The van der Waals surface area contributed by atoms with Crippen molar-refractivity contribution in [3.8, 4) is 0 Å². The van der Waals surface area contributed by atoms with E-state index >= 15 is 0 Å². The Hall–Kier alpha value is -2.61. The summed E-state index contributed by atoms with van der Waals surface area (Å²) >= 11 is 0. The zero-order valence-electron chi connectivity index (χ0n) is 9.97. The number of benzene rings is 1. The number of hydrogen-bond acceptors (Lipinski definition) is 5. The van der Waals surface area contributed by atoms with Gasteiger partial charge in [-0.3, -0.25) is 29.8 Å². The first kappa shape index (κ1) is 12.4. The van der Waals surface area contributed by atoms with Crippen LogP contribution in [0.15, 0.2) is 18.2 Å². The Labute approximate surface area is 111 Å². The molecule has 7 nitrogen and oxygen atoms in total. The molecule has 0 spiro atoms. The SMILES string of the molecule is O=C1CNC(N2C(=O)c3ccc(F)cc3C2=O)C(=O)N1. The smallest absolute Gasteiger partial charge is 0.264 e. The maximum absolute atomic E-state index is 13.1. The van der Waals surface area contributed by atoms with Crippen molar-refractivity contribution in [2.45, 2.75) is 6.17 Å². The Morgan fingerprint density at radius 1 is 1.10 bits per heavy atom. The number of carbonyl (C=O) groups is 4. The van der Waals surface area contributed by atoms with E-state index in [1.54, 1.807) is 0 Å². The molecule has 2 aliphatic rings. The number of halogens is 1. The van der Waals surface area contributed by atoms with E-state index in [1.165, 1.54) is 6.07 Å². The van der Waals surface area contributed by atoms with Crippen LogP contribution in [-0.2, 0) is 9.59 Å². The zero-order chi connectivity index (χ0) is 14.4. The van der Waals surface area contributed by atoms with Crippen LogP contribution in [0.5, 0.6) is 0 Å². The molecule has 1 unspecified atom stereocenters. The highest BCUT2D eigenvalue weighted by Crippen LogP contribution is 2.25. The van der Waals surface area contributed by atoms with E-state index < -0.39 is 35.6 Å². The molecule has 1 atom stereocenters. The van der Waals surface area contributed by atoms with Crippen LogP contribution < -0.4 is 10.6 Å². The van der Waals surface area contributed by atoms with Crippen molar-refractivity contribution < 1.29 is 23.6 Å². The molecular weight excluding hydrogens is 269 g/mol. The molecule has 0 radical (unpaired) electrons. The lowest BCUT2D eigenvalue weighted by Gasteiger charge is -2.28. The molecule has 0 aromatic heterocycles. The van der Waals surface area contributed by atoms with Crippen LogP contribution in [0.2, 0.25) is 0 Å². The standard InChI is InChI=1S/C12H8FN3O4/c13-5-1-2-6-7(3-5)12(20)16(11(6)19)9-10(18)15-8(17)4-14-9/h1-3,9,14H,4H2,(H,15,17,18). The highest BCUT2D eigenvalue weighted by atomic mass is 19.1. The van der Waals surface area contributed by atoms with Crippen LogP contribution in [0.25, 0.3) is 0 Å². The first-order valence-corrected chi connectivity index (χ1v) is 5.73. The van der Waals surface area contributed by atoms with Gasteiger partial charge in [0.15, 0.2) is 6.17 Å². The molecule has 1 aromatic rings. The maximum atomic E-state index is 13.1. The molecule has 0 bridgehead atoms. The summed E-state index contributed by atoms with van der Waals surface area (Å²) in [5.74, 6) is -3.47. The Morgan fingerprint density at radius 2 is 1.80 bits per heavy atom. The monoisotopic (exact) mass is 277 g/mol. The van der Waals surface area contributed by atoms with Gasteiger partial charge in [0.25, 0.3) is 17.7 Å². The minimum absolute atomic E-state index is 0.0305. The Morgan fingerprint density at radius 3 is 2.50 bits per heavy atom. The fourth-order valence-electron chi connectivity index (χ4n) is 2.21. The van der Waals surface area contributed by atoms with Gasteiger partial charge in [-0.2, -0.15) is 0 Å². The van der Waals surface area contributed by atoms with Crippen LogP contribution in [0.3, 0.4) is 0 Å². The van der Waals surface area contributed by atoms with Gasteiger partial charge in [-0.1, -0.05) is 0 Å². The van der Waals surface area contributed by atoms with Gasteiger partial charge in [0, 0.05) is 0 Å². The highest BCUT2D eigenvalue weighted by Gasteiger charge is 2.44. The van der Waals surface area contributed by atoms with Crippen LogP contribution in [0, 0.1) is 5.82 Å². The number of rotatable bonds is 1. The number of nitrogens with zero attached hydrogens (tertiary/aromatic N) is 1. The van der Waals surface area contributed by atoms with Gasteiger partial charge in [0.2, 0.25) is 5.91 Å². The topological polar surface area (TPSA) is 95.6 Å². The summed E-state index contributed by atoms with van der Waals surface area (Å²) in [5, 5.41) is 4.52. The van der Waals surface area contributed by atoms with E-state index in [2.05, 4.69) is 5.32 Å². The first-order chi connectivity index (χ1) is 9.49. The third-order valence-electron chi connectivity index (χ3n) is 3.11. The van der Waals surface area contributed by atoms with Gasteiger partial charge in [0.05, 0.1) is 17.7 Å². The van der Waals surface area contributed by atoms with Gasteiger partial charge in [-0.05, 0) is 18.2 Å². The lowest BCUT2D eigenvalue weighted by Crippen LogP contribution is -2.64. The third-order valence-corrected chi connectivity index (χ3v) is 3.11. The molecule has 1 fully saturated rings. The molecule has 1 aromatic carbocycles. The molecule has 0 saturated carbocycles. The van der Waals surface area contributed by atoms with Crippen molar-refractivity contribution in [3.05, 3.63) is 35.1 Å². The number of amides is 4. The lowest BCUT2D eigenvalue weighted by molar-refractivity contribution is -0.136. The molecule has 8 heteroatoms. The summed E-state index contributed by atoms with van der Waals surface area (Å²) in [4.78, 5) is 47.6. The molecular formula is C12H8FN3O4. The molecule has 2 aliphatic heterocycles. The van der Waals surface area contributed by atoms with Gasteiger partial charge >= 0.3 is 0 Å². The molecule has 3 rings (SSSR count). The molecule has 0 aliphatic carbocycles. The minimum Gasteiger partial charge on any atom is -0.292 e. The summed E-state index contributed by atoms with van der Waals surface area (Å²) in [6.07, 6.45) is -1.27. The molecule has 2 heterocycles. The van der Waals surface area contributed by atoms with E-state index in [1.807, 2.05) is 5.32 Å². The number of nitrogens with one attached hydrogen (secondary N) is 2. The first-order valence-electron chi connectivity index (χ1n) is 5.73. The van der Waals surface area contributed by atoms with Crippen LogP contribution in [0.1, 0.15) is 20.7 Å². The van der Waals surface area contributed by atoms with Crippen LogP contribution in [0.4, 0.5) is 4.39 Å². The second-order valence-electron chi connectivity index (χ2n) is 4.37. The fourth-order valence-corrected chi connectivity index (χ4v) is 2.21. The van der Waals surface area contributed by atoms with Crippen molar-refractivity contribution in [2.24, 2.45) is 0 Å². The van der Waals surface area contributed by atoms with Crippen molar-refractivity contribution in [2.75, 3.05) is 6.54 Å². The average molecular weight is 277 g/mol. The highest BCUT2D eigenvalue weighted by molar-refractivity contribution is 6.23. The van der Waals surface area contributed by atoms with Crippen molar-refractivity contribution >= 4 is 23.6 Å². The van der Waals surface area contributed by atoms with E-state index in [-0.39, 0.29) is 17.7 Å². The van der Waals surface area contributed by atoms with Gasteiger partial charge in [-0.25, -0.2) is 9.29 Å². The number of hydrogen-bond donors (Lipinski definition) is 2. The summed E-state index contributed by atoms with van der Waals surface area (Å²) in [7, 11) is 0. The average Bonchev–Trinajstić information content (AvgIpc) is 2.63. The summed E-state index contributed by atoms with van der Waals surface area (Å²) in [5.41, 5.74) is -0.0654. The summed E-state index contributed by atoms with van der Waals surface area (Å²) in [6, 6.07) is 3.20. The molecule has 1 saturated heterocycles. The maximum Gasteiger partial charge on any atom is 0.264 e. The number of imide groups is 2. The van der Waals surface area contributed by atoms with Gasteiger partial charge < -0.3 is 0 Å². The number of carbonyl (C=O) groups excluding carboxylic acids is 4. The van der Waals surface area contributed by atoms with Crippen LogP contribution in [-0.4, -0.2) is 41.2 Å². The van der Waals surface area contributed by atoms with Crippen molar-refractivity contribution in [3.63, 3.8) is 0 Å². The Balaban J connectivity index is 1.97.